The summed E-state index contributed by atoms with van der Waals surface area (Å²) in [5, 5.41) is 11.6. The Morgan fingerprint density at radius 1 is 0.939 bits per heavy atom. The predicted molar refractivity (Wildman–Crippen MR) is 115 cm³/mol. The molecule has 5 nitrogen and oxygen atoms in total. The van der Waals surface area contributed by atoms with Crippen LogP contribution >= 0.6 is 0 Å². The smallest absolute Gasteiger partial charge is 0.416 e. The molecule has 0 saturated carbocycles. The number of aliphatic carboxylic acids is 1. The highest BCUT2D eigenvalue weighted by Gasteiger charge is 2.32. The molecule has 170 valence electrons. The Bertz CT molecular complexity index is 1150. The first-order valence-corrected chi connectivity index (χ1v) is 10.2. The average molecular weight is 455 g/mol. The molecule has 0 bridgehead atoms. The first kappa shape index (κ1) is 22.4. The second-order valence-corrected chi connectivity index (χ2v) is 7.74. The van der Waals surface area contributed by atoms with Crippen molar-refractivity contribution >= 4 is 12.1 Å². The molecule has 4 rings (SSSR count). The van der Waals surface area contributed by atoms with Crippen molar-refractivity contribution in [3.63, 3.8) is 0 Å². The largest absolute Gasteiger partial charge is 0.481 e. The van der Waals surface area contributed by atoms with Gasteiger partial charge in [-0.1, -0.05) is 60.7 Å². The molecule has 1 unspecified atom stereocenters. The Hall–Kier alpha value is -3.81. The van der Waals surface area contributed by atoms with Crippen LogP contribution in [-0.2, 0) is 15.7 Å². The van der Waals surface area contributed by atoms with Crippen molar-refractivity contribution in [2.45, 2.75) is 24.6 Å². The number of ether oxygens (including phenoxy) is 1. The molecule has 0 saturated heterocycles. The molecule has 2 N–H and O–H groups in total. The van der Waals surface area contributed by atoms with E-state index in [1.165, 1.54) is 12.1 Å². The first-order valence-electron chi connectivity index (χ1n) is 10.2. The third-order valence-corrected chi connectivity index (χ3v) is 5.63. The van der Waals surface area contributed by atoms with Crippen LogP contribution in [0.25, 0.3) is 11.1 Å². The number of rotatable bonds is 6. The number of alkyl halides is 3. The Morgan fingerprint density at radius 3 is 2.12 bits per heavy atom. The monoisotopic (exact) mass is 455 g/mol. The van der Waals surface area contributed by atoms with Crippen molar-refractivity contribution in [1.82, 2.24) is 5.32 Å². The highest BCUT2D eigenvalue weighted by Crippen LogP contribution is 2.44. The van der Waals surface area contributed by atoms with Crippen molar-refractivity contribution in [3.05, 3.63) is 95.1 Å². The highest BCUT2D eigenvalue weighted by molar-refractivity contribution is 5.79. The van der Waals surface area contributed by atoms with Gasteiger partial charge in [0.1, 0.15) is 6.61 Å². The minimum atomic E-state index is -4.59. The number of alkyl carbamates (subject to hydrolysis) is 1. The number of benzene rings is 3. The molecule has 0 aliphatic heterocycles. The summed E-state index contributed by atoms with van der Waals surface area (Å²) >= 11 is 0. The lowest BCUT2D eigenvalue weighted by molar-refractivity contribution is -0.138. The molecule has 0 fully saturated rings. The van der Waals surface area contributed by atoms with Gasteiger partial charge in [0, 0.05) is 5.92 Å². The van der Waals surface area contributed by atoms with E-state index >= 15 is 0 Å². The van der Waals surface area contributed by atoms with Crippen LogP contribution in [-0.4, -0.2) is 23.8 Å². The van der Waals surface area contributed by atoms with E-state index in [9.17, 15) is 27.9 Å². The summed E-state index contributed by atoms with van der Waals surface area (Å²) in [5.74, 6) is -1.47. The quantitative estimate of drug-likeness (QED) is 0.496. The Kier molecular flexibility index (Phi) is 6.09. The number of carboxylic acid groups (broad SMARTS) is 1. The fourth-order valence-electron chi connectivity index (χ4n) is 4.14. The molecule has 0 spiro atoms. The van der Waals surface area contributed by atoms with Crippen LogP contribution < -0.4 is 5.32 Å². The molecule has 1 aliphatic carbocycles. The lowest BCUT2D eigenvalue weighted by atomic mass is 9.98. The van der Waals surface area contributed by atoms with Gasteiger partial charge in [-0.3, -0.25) is 4.79 Å². The van der Waals surface area contributed by atoms with Gasteiger partial charge in [-0.2, -0.15) is 13.2 Å². The van der Waals surface area contributed by atoms with Gasteiger partial charge < -0.3 is 15.2 Å². The Morgan fingerprint density at radius 2 is 1.55 bits per heavy atom. The van der Waals surface area contributed by atoms with Crippen LogP contribution in [0.2, 0.25) is 0 Å². The number of nitrogens with one attached hydrogen (secondary N) is 1. The zero-order chi connectivity index (χ0) is 23.6. The average Bonchev–Trinajstić information content (AvgIpc) is 3.10. The summed E-state index contributed by atoms with van der Waals surface area (Å²) in [6.07, 6.45) is -6.08. The van der Waals surface area contributed by atoms with Crippen molar-refractivity contribution in [3.8, 4) is 11.1 Å². The van der Waals surface area contributed by atoms with E-state index in [-0.39, 0.29) is 18.1 Å². The Balaban J connectivity index is 1.50. The normalized spacial score (nSPS) is 13.7. The molecule has 3 aromatic carbocycles. The number of fused-ring (bicyclic) bond motifs is 3. The number of carbonyl (C=O) groups is 2. The standard InChI is InChI=1S/C25H20F3NO4/c26-25(27,28)16-7-5-6-15(12-16)22(13-23(30)31)29-24(32)33-14-21-19-10-3-1-8-17(19)18-9-2-4-11-20(18)21/h1-12,21-22H,13-14H2,(H,29,32)(H,30,31). The molecule has 0 radical (unpaired) electrons. The molecule has 1 atom stereocenters. The summed E-state index contributed by atoms with van der Waals surface area (Å²) in [6, 6.07) is 18.6. The van der Waals surface area contributed by atoms with E-state index in [0.29, 0.717) is 0 Å². The maximum Gasteiger partial charge on any atom is 0.416 e. The third kappa shape index (κ3) is 4.84. The summed E-state index contributed by atoms with van der Waals surface area (Å²) in [5.41, 5.74) is 3.22. The van der Waals surface area contributed by atoms with E-state index in [2.05, 4.69) is 5.32 Å². The van der Waals surface area contributed by atoms with Gasteiger partial charge in [0.05, 0.1) is 18.0 Å². The number of carbonyl (C=O) groups excluding carboxylic acids is 1. The summed E-state index contributed by atoms with van der Waals surface area (Å²) < 4.78 is 44.6. The second-order valence-electron chi connectivity index (χ2n) is 7.74. The van der Waals surface area contributed by atoms with Crippen molar-refractivity contribution in [2.24, 2.45) is 0 Å². The van der Waals surface area contributed by atoms with Gasteiger partial charge in [-0.15, -0.1) is 0 Å². The van der Waals surface area contributed by atoms with Crippen molar-refractivity contribution in [1.29, 1.82) is 0 Å². The van der Waals surface area contributed by atoms with Gasteiger partial charge in [-0.25, -0.2) is 4.79 Å². The van der Waals surface area contributed by atoms with Gasteiger partial charge in [0.2, 0.25) is 0 Å². The van der Waals surface area contributed by atoms with Crippen molar-refractivity contribution in [2.75, 3.05) is 6.61 Å². The molecular formula is C25H20F3NO4. The molecule has 0 aromatic heterocycles. The minimum Gasteiger partial charge on any atom is -0.481 e. The van der Waals surface area contributed by atoms with E-state index in [1.807, 2.05) is 48.5 Å². The second kappa shape index (κ2) is 8.97. The molecule has 3 aromatic rings. The minimum absolute atomic E-state index is 0.00222. The van der Waals surface area contributed by atoms with E-state index in [4.69, 9.17) is 4.74 Å². The van der Waals surface area contributed by atoms with Gasteiger partial charge >= 0.3 is 18.2 Å². The molecule has 33 heavy (non-hydrogen) atoms. The highest BCUT2D eigenvalue weighted by atomic mass is 19.4. The Labute approximate surface area is 187 Å². The molecule has 0 heterocycles. The van der Waals surface area contributed by atoms with E-state index in [1.54, 1.807) is 0 Å². The molecule has 1 amide bonds. The van der Waals surface area contributed by atoms with Crippen molar-refractivity contribution < 1.29 is 32.6 Å². The topological polar surface area (TPSA) is 75.6 Å². The van der Waals surface area contributed by atoms with Gasteiger partial charge in [-0.05, 0) is 39.9 Å². The SMILES string of the molecule is O=C(O)CC(NC(=O)OCC1c2ccccc2-c2ccccc21)c1cccc(C(F)(F)F)c1. The van der Waals surface area contributed by atoms with Crippen LogP contribution in [0.15, 0.2) is 72.8 Å². The van der Waals surface area contributed by atoms with E-state index in [0.717, 1.165) is 34.4 Å². The number of hydrogen-bond acceptors (Lipinski definition) is 3. The van der Waals surface area contributed by atoms with E-state index < -0.39 is 36.3 Å². The summed E-state index contributed by atoms with van der Waals surface area (Å²) in [6.45, 7) is 0.00222. The zero-order valence-corrected chi connectivity index (χ0v) is 17.3. The van der Waals surface area contributed by atoms with Gasteiger partial charge in [0.15, 0.2) is 0 Å². The van der Waals surface area contributed by atoms with Crippen LogP contribution in [0.4, 0.5) is 18.0 Å². The first-order chi connectivity index (χ1) is 15.7. The number of carboxylic acids is 1. The predicted octanol–water partition coefficient (Wildman–Crippen LogP) is 5.76. The number of halogens is 3. The summed E-state index contributed by atoms with van der Waals surface area (Å²) in [4.78, 5) is 23.8. The van der Waals surface area contributed by atoms with Crippen LogP contribution in [0.3, 0.4) is 0 Å². The number of hydrogen-bond donors (Lipinski definition) is 2. The van der Waals surface area contributed by atoms with Crippen LogP contribution in [0.5, 0.6) is 0 Å². The lowest BCUT2D eigenvalue weighted by Gasteiger charge is -2.20. The maximum atomic E-state index is 13.1. The fourth-order valence-corrected chi connectivity index (χ4v) is 4.14. The molecular weight excluding hydrogens is 435 g/mol. The summed E-state index contributed by atoms with van der Waals surface area (Å²) in [7, 11) is 0. The molecule has 8 heteroatoms. The molecule has 1 aliphatic rings. The number of amides is 1. The fraction of sp³-hybridized carbons (Fsp3) is 0.200. The van der Waals surface area contributed by atoms with Crippen LogP contribution in [0.1, 0.15) is 40.6 Å². The zero-order valence-electron chi connectivity index (χ0n) is 17.3. The maximum absolute atomic E-state index is 13.1. The lowest BCUT2D eigenvalue weighted by Crippen LogP contribution is -2.31. The third-order valence-electron chi connectivity index (χ3n) is 5.63. The van der Waals surface area contributed by atoms with Crippen LogP contribution in [0, 0.1) is 0 Å². The van der Waals surface area contributed by atoms with Gasteiger partial charge in [0.25, 0.3) is 0 Å².